The fourth-order valence-corrected chi connectivity index (χ4v) is 4.12. The van der Waals surface area contributed by atoms with Crippen LogP contribution in [0.3, 0.4) is 0 Å². The molecule has 0 aromatic carbocycles. The minimum absolute atomic E-state index is 0.226. The summed E-state index contributed by atoms with van der Waals surface area (Å²) in [6.45, 7) is 0. The van der Waals surface area contributed by atoms with Crippen LogP contribution in [0.15, 0.2) is 43.1 Å². The van der Waals surface area contributed by atoms with Gasteiger partial charge < -0.3 is 35.5 Å². The van der Waals surface area contributed by atoms with E-state index in [1.807, 2.05) is 19.0 Å². The van der Waals surface area contributed by atoms with E-state index in [9.17, 15) is 15.0 Å². The summed E-state index contributed by atoms with van der Waals surface area (Å²) >= 11 is 0. The molecule has 1 saturated heterocycles. The lowest BCUT2D eigenvalue weighted by Crippen LogP contribution is -2.39. The first kappa shape index (κ1) is 22.7. The predicted octanol–water partition coefficient (Wildman–Crippen LogP) is 0.133. The van der Waals surface area contributed by atoms with Crippen molar-refractivity contribution in [2.24, 2.45) is 7.05 Å². The summed E-state index contributed by atoms with van der Waals surface area (Å²) in [4.78, 5) is 27.3. The van der Waals surface area contributed by atoms with E-state index in [0.29, 0.717) is 28.1 Å². The molecule has 0 aliphatic carbocycles. The maximum Gasteiger partial charge on any atom is 0.257 e. The Kier molecular flexibility index (Phi) is 5.59. The van der Waals surface area contributed by atoms with Gasteiger partial charge in [0.2, 0.25) is 0 Å². The highest BCUT2D eigenvalue weighted by atomic mass is 16.6. The van der Waals surface area contributed by atoms with Crippen LogP contribution < -0.4 is 16.0 Å². The number of hydrogen-bond acceptors (Lipinski definition) is 10. The topological polar surface area (TPSA) is 169 Å². The number of nitrogens with two attached hydrogens (primary N) is 1. The van der Waals surface area contributed by atoms with Gasteiger partial charge in [-0.2, -0.15) is 5.10 Å². The number of anilines is 3. The van der Waals surface area contributed by atoms with E-state index in [0.717, 1.165) is 5.69 Å². The Morgan fingerprint density at radius 3 is 2.71 bits per heavy atom. The molecule has 5 N–H and O–H groups in total. The third-order valence-electron chi connectivity index (χ3n) is 5.91. The molecule has 1 aliphatic rings. The molecule has 35 heavy (non-hydrogen) atoms. The van der Waals surface area contributed by atoms with Crippen molar-refractivity contribution in [1.29, 1.82) is 0 Å². The summed E-state index contributed by atoms with van der Waals surface area (Å²) in [5, 5.41) is 29.1. The molecule has 0 radical (unpaired) electrons. The van der Waals surface area contributed by atoms with Crippen LogP contribution in [0.2, 0.25) is 0 Å². The SMILES string of the molecule is CN(C)c1ccnc(NC(=O)[C@H]2O[C@@H](n3cc(-c4ccn(C)n4)c4c(N)ncnc43)[C@H](O)[C@@H]2O)c1. The van der Waals surface area contributed by atoms with Crippen molar-refractivity contribution >= 4 is 34.3 Å². The number of amides is 1. The van der Waals surface area contributed by atoms with Gasteiger partial charge in [-0.15, -0.1) is 0 Å². The fourth-order valence-electron chi connectivity index (χ4n) is 4.12. The van der Waals surface area contributed by atoms with Gasteiger partial charge in [-0.1, -0.05) is 0 Å². The van der Waals surface area contributed by atoms with E-state index in [1.165, 1.54) is 10.9 Å². The Balaban J connectivity index is 1.47. The Morgan fingerprint density at radius 1 is 1.20 bits per heavy atom. The standard InChI is InChI=1S/C22H25N9O4/c1-29(2)11-4-6-24-14(8-11)27-21(34)18-16(32)17(33)22(35-18)31-9-12(13-5-7-30(3)28-13)15-19(23)25-10-26-20(15)31/h4-10,16-18,22,32-33H,1-3H3,(H2,23,25,26)(H,24,27,34)/t16-,17+,18-,22+/m0/s1. The van der Waals surface area contributed by atoms with Gasteiger partial charge >= 0.3 is 0 Å². The molecule has 4 aromatic heterocycles. The van der Waals surface area contributed by atoms with Gasteiger partial charge in [0, 0.05) is 57.1 Å². The highest BCUT2D eigenvalue weighted by Crippen LogP contribution is 2.38. The lowest BCUT2D eigenvalue weighted by molar-refractivity contribution is -0.132. The summed E-state index contributed by atoms with van der Waals surface area (Å²) in [5.74, 6) is -0.124. The third kappa shape index (κ3) is 3.95. The average Bonchev–Trinajstić information content (AvgIpc) is 3.51. The molecule has 4 atom stereocenters. The summed E-state index contributed by atoms with van der Waals surface area (Å²) in [7, 11) is 5.51. The zero-order valence-electron chi connectivity index (χ0n) is 19.3. The van der Waals surface area contributed by atoms with Gasteiger partial charge in [0.05, 0.1) is 11.1 Å². The van der Waals surface area contributed by atoms with Crippen molar-refractivity contribution in [2.75, 3.05) is 30.0 Å². The van der Waals surface area contributed by atoms with E-state index in [1.54, 1.807) is 48.5 Å². The van der Waals surface area contributed by atoms with Gasteiger partial charge in [-0.25, -0.2) is 15.0 Å². The number of pyridine rings is 1. The van der Waals surface area contributed by atoms with E-state index in [4.69, 9.17) is 10.5 Å². The zero-order valence-corrected chi connectivity index (χ0v) is 19.3. The summed E-state index contributed by atoms with van der Waals surface area (Å²) in [6, 6.07) is 5.28. The Labute approximate surface area is 199 Å². The van der Waals surface area contributed by atoms with Crippen LogP contribution >= 0.6 is 0 Å². The Morgan fingerprint density at radius 2 is 2.00 bits per heavy atom. The Bertz CT molecular complexity index is 1400. The smallest absolute Gasteiger partial charge is 0.257 e. The number of nitrogen functional groups attached to an aromatic ring is 1. The number of aliphatic hydroxyl groups excluding tert-OH is 2. The van der Waals surface area contributed by atoms with Crippen LogP contribution in [-0.4, -0.2) is 77.8 Å². The zero-order chi connectivity index (χ0) is 24.9. The van der Waals surface area contributed by atoms with Gasteiger partial charge in [-0.05, 0) is 12.1 Å². The van der Waals surface area contributed by atoms with Gasteiger partial charge in [-0.3, -0.25) is 9.48 Å². The van der Waals surface area contributed by atoms with Crippen LogP contribution in [0.25, 0.3) is 22.3 Å². The molecule has 5 heterocycles. The van der Waals surface area contributed by atoms with Gasteiger partial charge in [0.1, 0.15) is 35.8 Å². The summed E-state index contributed by atoms with van der Waals surface area (Å²) in [5.41, 5.74) is 8.59. The number of carbonyl (C=O) groups is 1. The monoisotopic (exact) mass is 479 g/mol. The third-order valence-corrected chi connectivity index (χ3v) is 5.91. The van der Waals surface area contributed by atoms with Crippen molar-refractivity contribution in [3.63, 3.8) is 0 Å². The molecule has 0 spiro atoms. The number of ether oxygens (including phenoxy) is 1. The van der Waals surface area contributed by atoms with Gasteiger partial charge in [0.15, 0.2) is 12.3 Å². The van der Waals surface area contributed by atoms with Crippen LogP contribution in [0, 0.1) is 0 Å². The molecule has 1 amide bonds. The second kappa shape index (κ2) is 8.61. The second-order valence-electron chi connectivity index (χ2n) is 8.49. The van der Waals surface area contributed by atoms with Crippen LogP contribution in [0.5, 0.6) is 0 Å². The normalized spacial score (nSPS) is 22.0. The lowest BCUT2D eigenvalue weighted by atomic mass is 10.1. The van der Waals surface area contributed by atoms with E-state index in [-0.39, 0.29) is 5.82 Å². The molecular formula is C22H25N9O4. The number of aryl methyl sites for hydroxylation is 1. The van der Waals surface area contributed by atoms with E-state index >= 15 is 0 Å². The number of aliphatic hydroxyl groups is 2. The fraction of sp³-hybridized carbons (Fsp3) is 0.318. The lowest BCUT2D eigenvalue weighted by Gasteiger charge is -2.17. The summed E-state index contributed by atoms with van der Waals surface area (Å²) in [6.07, 6.45) is 0.919. The van der Waals surface area contributed by atoms with Crippen LogP contribution in [-0.2, 0) is 16.6 Å². The largest absolute Gasteiger partial charge is 0.387 e. The number of nitrogens with one attached hydrogen (secondary N) is 1. The highest BCUT2D eigenvalue weighted by molar-refractivity contribution is 6.00. The maximum atomic E-state index is 12.9. The van der Waals surface area contributed by atoms with Crippen molar-refractivity contribution in [2.45, 2.75) is 24.5 Å². The first-order valence-corrected chi connectivity index (χ1v) is 10.8. The number of nitrogens with zero attached hydrogens (tertiary/aromatic N) is 7. The van der Waals surface area contributed by atoms with E-state index in [2.05, 4.69) is 25.4 Å². The highest BCUT2D eigenvalue weighted by Gasteiger charge is 2.48. The molecule has 1 fully saturated rings. The van der Waals surface area contributed by atoms with Crippen molar-refractivity contribution in [3.8, 4) is 11.3 Å². The van der Waals surface area contributed by atoms with E-state index < -0.39 is 30.4 Å². The number of hydrogen-bond donors (Lipinski definition) is 4. The first-order valence-electron chi connectivity index (χ1n) is 10.8. The van der Waals surface area contributed by atoms with Crippen molar-refractivity contribution in [3.05, 3.63) is 43.1 Å². The Hall–Kier alpha value is -4.07. The molecule has 0 unspecified atom stereocenters. The second-order valence-corrected chi connectivity index (χ2v) is 8.49. The van der Waals surface area contributed by atoms with Crippen molar-refractivity contribution in [1.82, 2.24) is 29.3 Å². The predicted molar refractivity (Wildman–Crippen MR) is 127 cm³/mol. The molecular weight excluding hydrogens is 454 g/mol. The molecule has 1 aliphatic heterocycles. The molecule has 13 heteroatoms. The molecule has 5 rings (SSSR count). The maximum absolute atomic E-state index is 12.9. The number of carbonyl (C=O) groups excluding carboxylic acids is 1. The molecule has 0 bridgehead atoms. The molecule has 0 saturated carbocycles. The molecule has 13 nitrogen and oxygen atoms in total. The molecule has 182 valence electrons. The number of rotatable bonds is 5. The van der Waals surface area contributed by atoms with Gasteiger partial charge in [0.25, 0.3) is 5.91 Å². The number of aromatic nitrogens is 6. The van der Waals surface area contributed by atoms with Crippen LogP contribution in [0.4, 0.5) is 17.3 Å². The summed E-state index contributed by atoms with van der Waals surface area (Å²) < 4.78 is 9.04. The number of fused-ring (bicyclic) bond motifs is 1. The average molecular weight is 480 g/mol. The molecule has 4 aromatic rings. The quantitative estimate of drug-likeness (QED) is 0.309. The first-order chi connectivity index (χ1) is 16.7. The minimum atomic E-state index is -1.49. The van der Waals surface area contributed by atoms with Crippen LogP contribution in [0.1, 0.15) is 6.23 Å². The minimum Gasteiger partial charge on any atom is -0.387 e. The van der Waals surface area contributed by atoms with Crippen molar-refractivity contribution < 1.29 is 19.7 Å².